The van der Waals surface area contributed by atoms with Crippen molar-refractivity contribution in [2.24, 2.45) is 0 Å². The van der Waals surface area contributed by atoms with Gasteiger partial charge in [0.15, 0.2) is 0 Å². The summed E-state index contributed by atoms with van der Waals surface area (Å²) in [6.07, 6.45) is 0.798. The number of sulfonamides is 1. The number of amides is 1. The Labute approximate surface area is 147 Å². The van der Waals surface area contributed by atoms with E-state index in [1.165, 1.54) is 36.4 Å². The summed E-state index contributed by atoms with van der Waals surface area (Å²) in [7, 11) is -3.57. The predicted octanol–water partition coefficient (Wildman–Crippen LogP) is 3.08. The Balaban J connectivity index is 2.00. The van der Waals surface area contributed by atoms with E-state index in [9.17, 15) is 17.6 Å². The third-order valence-corrected chi connectivity index (χ3v) is 5.30. The molecule has 0 spiro atoms. The fraction of sp³-hybridized carbons (Fsp3) is 0.278. The van der Waals surface area contributed by atoms with E-state index in [1.807, 2.05) is 6.92 Å². The molecule has 0 aliphatic heterocycles. The number of nitrogens with one attached hydrogen (secondary N) is 2. The fourth-order valence-corrected chi connectivity index (χ4v) is 3.45. The largest absolute Gasteiger partial charge is 0.326 e. The second kappa shape index (κ2) is 8.22. The minimum atomic E-state index is -3.57. The highest BCUT2D eigenvalue weighted by molar-refractivity contribution is 7.89. The van der Waals surface area contributed by atoms with Crippen LogP contribution in [0.2, 0.25) is 0 Å². The minimum Gasteiger partial charge on any atom is -0.326 e. The first-order chi connectivity index (χ1) is 11.8. The van der Waals surface area contributed by atoms with Gasteiger partial charge in [0.05, 0.1) is 11.3 Å². The van der Waals surface area contributed by atoms with Gasteiger partial charge in [-0.05, 0) is 55.3 Å². The third-order valence-electron chi connectivity index (χ3n) is 3.70. The Morgan fingerprint density at radius 1 is 1.08 bits per heavy atom. The van der Waals surface area contributed by atoms with Crippen molar-refractivity contribution in [3.63, 3.8) is 0 Å². The Hall–Kier alpha value is -2.25. The molecule has 2 aromatic carbocycles. The smallest absolute Gasteiger partial charge is 0.240 e. The molecule has 134 valence electrons. The van der Waals surface area contributed by atoms with Gasteiger partial charge in [0, 0.05) is 11.7 Å². The lowest BCUT2D eigenvalue weighted by Gasteiger charge is -2.12. The summed E-state index contributed by atoms with van der Waals surface area (Å²) in [4.78, 5) is 12.1. The van der Waals surface area contributed by atoms with Gasteiger partial charge in [-0.15, -0.1) is 0 Å². The molecule has 0 radical (unpaired) electrons. The fourth-order valence-electron chi connectivity index (χ4n) is 2.13. The van der Waals surface area contributed by atoms with Crippen molar-refractivity contribution in [1.29, 1.82) is 0 Å². The summed E-state index contributed by atoms with van der Waals surface area (Å²) in [5, 5.41) is 2.69. The van der Waals surface area contributed by atoms with Crippen molar-refractivity contribution in [3.8, 4) is 0 Å². The molecule has 25 heavy (non-hydrogen) atoms. The van der Waals surface area contributed by atoms with Crippen LogP contribution in [-0.2, 0) is 21.2 Å². The molecule has 0 fully saturated rings. The highest BCUT2D eigenvalue weighted by atomic mass is 32.2. The van der Waals surface area contributed by atoms with Crippen molar-refractivity contribution in [1.82, 2.24) is 4.72 Å². The average Bonchev–Trinajstić information content (AvgIpc) is 2.57. The van der Waals surface area contributed by atoms with E-state index >= 15 is 0 Å². The number of carbonyl (C=O) groups excluding carboxylic acids is 1. The number of halogens is 1. The molecule has 5 nitrogen and oxygen atoms in total. The molecule has 0 aliphatic rings. The highest BCUT2D eigenvalue weighted by Gasteiger charge is 2.16. The van der Waals surface area contributed by atoms with Gasteiger partial charge in [-0.2, -0.15) is 0 Å². The molecule has 0 aliphatic carbocycles. The third kappa shape index (κ3) is 5.65. The number of hydrogen-bond donors (Lipinski definition) is 2. The Kier molecular flexibility index (Phi) is 6.27. The van der Waals surface area contributed by atoms with Crippen LogP contribution in [0.25, 0.3) is 0 Å². The first kappa shape index (κ1) is 19.1. The molecule has 1 atom stereocenters. The van der Waals surface area contributed by atoms with Crippen molar-refractivity contribution in [2.75, 3.05) is 5.32 Å². The topological polar surface area (TPSA) is 75.3 Å². The van der Waals surface area contributed by atoms with Crippen LogP contribution in [0.3, 0.4) is 0 Å². The molecule has 0 heterocycles. The summed E-state index contributed by atoms with van der Waals surface area (Å²) in [5.41, 5.74) is 1.19. The number of carbonyl (C=O) groups is 1. The van der Waals surface area contributed by atoms with E-state index in [-0.39, 0.29) is 29.1 Å². The molecule has 0 bridgehead atoms. The van der Waals surface area contributed by atoms with Gasteiger partial charge in [-0.3, -0.25) is 4.79 Å². The molecule has 2 aromatic rings. The first-order valence-electron chi connectivity index (χ1n) is 7.97. The summed E-state index contributed by atoms with van der Waals surface area (Å²) < 4.78 is 39.8. The zero-order chi connectivity index (χ0) is 18.4. The van der Waals surface area contributed by atoms with Gasteiger partial charge in [-0.25, -0.2) is 17.5 Å². The molecule has 1 amide bonds. The number of anilines is 1. The molecule has 0 saturated heterocycles. The quantitative estimate of drug-likeness (QED) is 0.793. The van der Waals surface area contributed by atoms with Crippen LogP contribution in [0.4, 0.5) is 10.1 Å². The summed E-state index contributed by atoms with van der Waals surface area (Å²) in [6.45, 7) is 3.69. The molecular formula is C18H21FN2O3S. The zero-order valence-corrected chi connectivity index (χ0v) is 14.9. The van der Waals surface area contributed by atoms with Gasteiger partial charge < -0.3 is 5.32 Å². The van der Waals surface area contributed by atoms with Crippen LogP contribution in [0, 0.1) is 5.82 Å². The van der Waals surface area contributed by atoms with E-state index in [0.29, 0.717) is 17.7 Å². The maximum atomic E-state index is 12.9. The number of hydrogen-bond acceptors (Lipinski definition) is 3. The van der Waals surface area contributed by atoms with Crippen molar-refractivity contribution < 1.29 is 17.6 Å². The molecule has 2 N–H and O–H groups in total. The predicted molar refractivity (Wildman–Crippen MR) is 95.3 cm³/mol. The Morgan fingerprint density at radius 3 is 2.24 bits per heavy atom. The lowest BCUT2D eigenvalue weighted by atomic mass is 10.1. The molecule has 1 unspecified atom stereocenters. The Morgan fingerprint density at radius 2 is 1.68 bits per heavy atom. The molecule has 0 aromatic heterocycles. The number of rotatable bonds is 7. The van der Waals surface area contributed by atoms with E-state index in [1.54, 1.807) is 19.1 Å². The monoisotopic (exact) mass is 364 g/mol. The van der Waals surface area contributed by atoms with Crippen molar-refractivity contribution >= 4 is 21.6 Å². The second-order valence-corrected chi connectivity index (χ2v) is 7.52. The van der Waals surface area contributed by atoms with E-state index < -0.39 is 10.0 Å². The second-order valence-electron chi connectivity index (χ2n) is 5.81. The van der Waals surface area contributed by atoms with Crippen LogP contribution < -0.4 is 10.0 Å². The SMILES string of the molecule is CCC(C)NS(=O)(=O)c1ccc(NC(=O)Cc2ccc(F)cc2)cc1. The van der Waals surface area contributed by atoms with Gasteiger partial charge in [-0.1, -0.05) is 19.1 Å². The summed E-state index contributed by atoms with van der Waals surface area (Å²) >= 11 is 0. The van der Waals surface area contributed by atoms with Crippen molar-refractivity contribution in [2.45, 2.75) is 37.6 Å². The normalized spacial score (nSPS) is 12.6. The van der Waals surface area contributed by atoms with Crippen molar-refractivity contribution in [3.05, 3.63) is 59.9 Å². The van der Waals surface area contributed by atoms with Crippen LogP contribution >= 0.6 is 0 Å². The lowest BCUT2D eigenvalue weighted by molar-refractivity contribution is -0.115. The van der Waals surface area contributed by atoms with Gasteiger partial charge >= 0.3 is 0 Å². The number of benzene rings is 2. The van der Waals surface area contributed by atoms with E-state index in [2.05, 4.69) is 10.0 Å². The van der Waals surface area contributed by atoms with Gasteiger partial charge in [0.1, 0.15) is 5.82 Å². The Bertz CT molecular complexity index is 818. The average molecular weight is 364 g/mol. The molecule has 2 rings (SSSR count). The standard InChI is InChI=1S/C18H21FN2O3S/c1-3-13(2)21-25(23,24)17-10-8-16(9-11-17)20-18(22)12-14-4-6-15(19)7-5-14/h4-11,13,21H,3,12H2,1-2H3,(H,20,22). The molecular weight excluding hydrogens is 343 g/mol. The maximum Gasteiger partial charge on any atom is 0.240 e. The van der Waals surface area contributed by atoms with Gasteiger partial charge in [0.25, 0.3) is 0 Å². The summed E-state index contributed by atoms with van der Waals surface area (Å²) in [5.74, 6) is -0.619. The highest BCUT2D eigenvalue weighted by Crippen LogP contribution is 2.15. The molecule has 0 saturated carbocycles. The van der Waals surface area contributed by atoms with E-state index in [0.717, 1.165) is 0 Å². The van der Waals surface area contributed by atoms with Crippen LogP contribution in [-0.4, -0.2) is 20.4 Å². The van der Waals surface area contributed by atoms with E-state index in [4.69, 9.17) is 0 Å². The first-order valence-corrected chi connectivity index (χ1v) is 9.45. The van der Waals surface area contributed by atoms with Gasteiger partial charge in [0.2, 0.25) is 15.9 Å². The molecule has 7 heteroatoms. The van der Waals surface area contributed by atoms with Crippen LogP contribution in [0.1, 0.15) is 25.8 Å². The summed E-state index contributed by atoms with van der Waals surface area (Å²) in [6, 6.07) is 11.5. The minimum absolute atomic E-state index is 0.107. The van der Waals surface area contributed by atoms with Crippen LogP contribution in [0.15, 0.2) is 53.4 Å². The zero-order valence-electron chi connectivity index (χ0n) is 14.1. The van der Waals surface area contributed by atoms with Crippen LogP contribution in [0.5, 0.6) is 0 Å². The maximum absolute atomic E-state index is 12.9. The lowest BCUT2D eigenvalue weighted by Crippen LogP contribution is -2.31.